The monoisotopic (exact) mass is 462 g/mol. The highest BCUT2D eigenvalue weighted by atomic mass is 35.5. The molecule has 1 N–H and O–H groups in total. The molecular formula is C26H23ClN2O4. The van der Waals surface area contributed by atoms with Gasteiger partial charge in [-0.05, 0) is 42.8 Å². The number of ether oxygens (including phenoxy) is 2. The molecule has 1 aliphatic rings. The molecule has 0 aromatic heterocycles. The highest BCUT2D eigenvalue weighted by Gasteiger charge is 2.41. The molecule has 3 aromatic rings. The summed E-state index contributed by atoms with van der Waals surface area (Å²) in [7, 11) is 1.52. The van der Waals surface area contributed by atoms with Crippen LogP contribution < -0.4 is 19.7 Å². The van der Waals surface area contributed by atoms with E-state index in [1.807, 2.05) is 25.1 Å². The van der Waals surface area contributed by atoms with Crippen LogP contribution in [0.3, 0.4) is 0 Å². The molecule has 2 amide bonds. The normalized spacial score (nSPS) is 13.5. The molecular weight excluding hydrogens is 440 g/mol. The highest BCUT2D eigenvalue weighted by molar-refractivity contribution is 6.46. The second-order valence-electron chi connectivity index (χ2n) is 7.38. The van der Waals surface area contributed by atoms with Crippen molar-refractivity contribution in [3.63, 3.8) is 0 Å². The number of anilines is 2. The molecule has 0 saturated carbocycles. The number of amides is 2. The zero-order chi connectivity index (χ0) is 23.4. The molecule has 0 saturated heterocycles. The number of halogens is 1. The molecule has 7 heteroatoms. The molecule has 3 aromatic carbocycles. The van der Waals surface area contributed by atoms with Crippen molar-refractivity contribution in [2.24, 2.45) is 0 Å². The molecule has 0 radical (unpaired) electrons. The minimum Gasteiger partial charge on any atom is -0.496 e. The van der Waals surface area contributed by atoms with Crippen LogP contribution in [-0.4, -0.2) is 25.5 Å². The van der Waals surface area contributed by atoms with Crippen LogP contribution in [0.2, 0.25) is 5.02 Å². The molecule has 6 nitrogen and oxygen atoms in total. The van der Waals surface area contributed by atoms with Crippen molar-refractivity contribution in [3.05, 3.63) is 89.1 Å². The van der Waals surface area contributed by atoms with Gasteiger partial charge in [-0.15, -0.1) is 0 Å². The van der Waals surface area contributed by atoms with Gasteiger partial charge in [0, 0.05) is 22.3 Å². The summed E-state index contributed by atoms with van der Waals surface area (Å²) in [5.41, 5.74) is 1.90. The Kier molecular flexibility index (Phi) is 6.66. The van der Waals surface area contributed by atoms with Crippen LogP contribution in [0, 0.1) is 0 Å². The first-order chi connectivity index (χ1) is 16.0. The number of rotatable bonds is 8. The second kappa shape index (κ2) is 9.79. The molecule has 0 fully saturated rings. The lowest BCUT2D eigenvalue weighted by Crippen LogP contribution is -2.32. The number of methoxy groups -OCH3 is 1. The van der Waals surface area contributed by atoms with E-state index in [9.17, 15) is 9.59 Å². The molecule has 4 rings (SSSR count). The fraction of sp³-hybridized carbons (Fsp3) is 0.154. The van der Waals surface area contributed by atoms with Gasteiger partial charge in [0.15, 0.2) is 0 Å². The molecule has 0 atom stereocenters. The maximum atomic E-state index is 13.6. The number of hydrogen-bond acceptors (Lipinski definition) is 5. The minimum atomic E-state index is -0.483. The molecule has 168 valence electrons. The van der Waals surface area contributed by atoms with Gasteiger partial charge in [-0.3, -0.25) is 9.59 Å². The van der Waals surface area contributed by atoms with E-state index in [1.165, 1.54) is 7.11 Å². The standard InChI is InChI=1S/C26H23ClN2O4/c1-3-14-33-20-11-7-9-18(16-20)28-24-23(21-12-4-5-13-22(21)32-2)25(30)29(26(24)31)19-10-6-8-17(27)15-19/h4-13,15-16,28H,3,14H2,1-2H3. The van der Waals surface area contributed by atoms with Crippen molar-refractivity contribution in [2.75, 3.05) is 23.9 Å². The maximum Gasteiger partial charge on any atom is 0.282 e. The summed E-state index contributed by atoms with van der Waals surface area (Å²) in [6.07, 6.45) is 0.877. The van der Waals surface area contributed by atoms with E-state index in [1.54, 1.807) is 54.6 Å². The van der Waals surface area contributed by atoms with Gasteiger partial charge in [-0.1, -0.05) is 48.9 Å². The summed E-state index contributed by atoms with van der Waals surface area (Å²) in [4.78, 5) is 28.2. The number of imide groups is 1. The SMILES string of the molecule is CCCOc1cccc(NC2=C(c3ccccc3OC)C(=O)N(c3cccc(Cl)c3)C2=O)c1. The van der Waals surface area contributed by atoms with Gasteiger partial charge in [0.1, 0.15) is 17.2 Å². The summed E-state index contributed by atoms with van der Waals surface area (Å²) >= 11 is 6.13. The van der Waals surface area contributed by atoms with Crippen LogP contribution in [0.25, 0.3) is 5.57 Å². The summed E-state index contributed by atoms with van der Waals surface area (Å²) in [5.74, 6) is 0.210. The molecule has 0 aliphatic carbocycles. The average molecular weight is 463 g/mol. The largest absolute Gasteiger partial charge is 0.496 e. The van der Waals surface area contributed by atoms with Crippen molar-refractivity contribution >= 4 is 40.4 Å². The van der Waals surface area contributed by atoms with Crippen LogP contribution in [0.15, 0.2) is 78.5 Å². The van der Waals surface area contributed by atoms with Gasteiger partial charge in [-0.25, -0.2) is 4.90 Å². The van der Waals surface area contributed by atoms with Crippen molar-refractivity contribution < 1.29 is 19.1 Å². The lowest BCUT2D eigenvalue weighted by molar-refractivity contribution is -0.120. The first-order valence-corrected chi connectivity index (χ1v) is 10.9. The topological polar surface area (TPSA) is 67.9 Å². The zero-order valence-electron chi connectivity index (χ0n) is 18.3. The van der Waals surface area contributed by atoms with Gasteiger partial charge in [0.2, 0.25) is 0 Å². The van der Waals surface area contributed by atoms with E-state index in [2.05, 4.69) is 5.32 Å². The van der Waals surface area contributed by atoms with Crippen LogP contribution in [0.1, 0.15) is 18.9 Å². The van der Waals surface area contributed by atoms with Crippen molar-refractivity contribution in [3.8, 4) is 11.5 Å². The van der Waals surface area contributed by atoms with E-state index in [0.29, 0.717) is 40.1 Å². The van der Waals surface area contributed by atoms with E-state index in [4.69, 9.17) is 21.1 Å². The smallest absolute Gasteiger partial charge is 0.282 e. The second-order valence-corrected chi connectivity index (χ2v) is 7.81. The quantitative estimate of drug-likeness (QED) is 0.445. The van der Waals surface area contributed by atoms with Crippen LogP contribution in [0.5, 0.6) is 11.5 Å². The Morgan fingerprint density at radius 3 is 2.48 bits per heavy atom. The van der Waals surface area contributed by atoms with Crippen LogP contribution in [0.4, 0.5) is 11.4 Å². The van der Waals surface area contributed by atoms with Gasteiger partial charge in [0.05, 0.1) is 25.0 Å². The Hall–Kier alpha value is -3.77. The number of nitrogens with one attached hydrogen (secondary N) is 1. The summed E-state index contributed by atoms with van der Waals surface area (Å²) < 4.78 is 11.2. The Labute approximate surface area is 197 Å². The van der Waals surface area contributed by atoms with Crippen molar-refractivity contribution in [1.82, 2.24) is 0 Å². The van der Waals surface area contributed by atoms with E-state index in [-0.39, 0.29) is 11.3 Å². The number of carbonyl (C=O) groups is 2. The number of hydrogen-bond donors (Lipinski definition) is 1. The Balaban J connectivity index is 1.81. The van der Waals surface area contributed by atoms with E-state index in [0.717, 1.165) is 11.3 Å². The third kappa shape index (κ3) is 4.56. The third-order valence-electron chi connectivity index (χ3n) is 5.10. The third-order valence-corrected chi connectivity index (χ3v) is 5.34. The molecule has 0 spiro atoms. The van der Waals surface area contributed by atoms with Crippen LogP contribution >= 0.6 is 11.6 Å². The van der Waals surface area contributed by atoms with Gasteiger partial charge in [0.25, 0.3) is 11.8 Å². The molecule has 1 aliphatic heterocycles. The van der Waals surface area contributed by atoms with E-state index < -0.39 is 11.8 Å². The molecule has 0 bridgehead atoms. The Morgan fingerprint density at radius 1 is 0.939 bits per heavy atom. The number of nitrogens with zero attached hydrogens (tertiary/aromatic N) is 1. The van der Waals surface area contributed by atoms with Crippen molar-refractivity contribution in [2.45, 2.75) is 13.3 Å². The first kappa shape index (κ1) is 22.4. The number of carbonyl (C=O) groups excluding carboxylic acids is 2. The zero-order valence-corrected chi connectivity index (χ0v) is 19.1. The number of benzene rings is 3. The fourth-order valence-corrected chi connectivity index (χ4v) is 3.81. The van der Waals surface area contributed by atoms with Gasteiger partial charge >= 0.3 is 0 Å². The van der Waals surface area contributed by atoms with Crippen LogP contribution in [-0.2, 0) is 9.59 Å². The average Bonchev–Trinajstić information content (AvgIpc) is 3.06. The minimum absolute atomic E-state index is 0.150. The molecule has 33 heavy (non-hydrogen) atoms. The number of para-hydroxylation sites is 1. The Bertz CT molecular complexity index is 1240. The predicted octanol–water partition coefficient (Wildman–Crippen LogP) is 5.53. The first-order valence-electron chi connectivity index (χ1n) is 10.6. The highest BCUT2D eigenvalue weighted by Crippen LogP contribution is 2.38. The predicted molar refractivity (Wildman–Crippen MR) is 130 cm³/mol. The Morgan fingerprint density at radius 2 is 1.73 bits per heavy atom. The molecule has 0 unspecified atom stereocenters. The maximum absolute atomic E-state index is 13.6. The van der Waals surface area contributed by atoms with Gasteiger partial charge < -0.3 is 14.8 Å². The summed E-state index contributed by atoms with van der Waals surface area (Å²) in [6, 6.07) is 21.0. The van der Waals surface area contributed by atoms with Crippen molar-refractivity contribution in [1.29, 1.82) is 0 Å². The van der Waals surface area contributed by atoms with E-state index >= 15 is 0 Å². The lowest BCUT2D eigenvalue weighted by Gasteiger charge is -2.16. The van der Waals surface area contributed by atoms with Gasteiger partial charge in [-0.2, -0.15) is 0 Å². The fourth-order valence-electron chi connectivity index (χ4n) is 3.62. The lowest BCUT2D eigenvalue weighted by atomic mass is 10.0. The molecule has 1 heterocycles. The summed E-state index contributed by atoms with van der Waals surface area (Å²) in [6.45, 7) is 2.61. The summed E-state index contributed by atoms with van der Waals surface area (Å²) in [5, 5.41) is 3.58.